The molecule has 4 N–H and O–H groups in total. The summed E-state index contributed by atoms with van der Waals surface area (Å²) < 4.78 is 0. The number of fused-ring (bicyclic) bond motifs is 1. The molecule has 0 bridgehead atoms. The van der Waals surface area contributed by atoms with Crippen molar-refractivity contribution in [1.29, 1.82) is 0 Å². The summed E-state index contributed by atoms with van der Waals surface area (Å²) in [7, 11) is 0. The van der Waals surface area contributed by atoms with Crippen LogP contribution < -0.4 is 16.0 Å². The van der Waals surface area contributed by atoms with Crippen molar-refractivity contribution in [3.8, 4) is 11.3 Å². The van der Waals surface area contributed by atoms with E-state index in [0.29, 0.717) is 11.3 Å². The minimum absolute atomic E-state index is 0.00104. The lowest BCUT2D eigenvalue weighted by Gasteiger charge is -2.29. The first-order chi connectivity index (χ1) is 15.5. The number of nitrogens with two attached hydrogens (primary N) is 1. The van der Waals surface area contributed by atoms with Crippen molar-refractivity contribution < 1.29 is 5.11 Å². The summed E-state index contributed by atoms with van der Waals surface area (Å²) >= 11 is 0. The third-order valence-corrected chi connectivity index (χ3v) is 6.17. The molecule has 8 heteroatoms. The first kappa shape index (κ1) is 22.2. The molecule has 1 fully saturated rings. The summed E-state index contributed by atoms with van der Waals surface area (Å²) in [5, 5.41) is 14.1. The van der Waals surface area contributed by atoms with Gasteiger partial charge in [-0.25, -0.2) is 9.97 Å². The van der Waals surface area contributed by atoms with Crippen LogP contribution in [0.2, 0.25) is 0 Å². The second kappa shape index (κ2) is 9.65. The Morgan fingerprint density at radius 2 is 1.94 bits per heavy atom. The smallest absolute Gasteiger partial charge is 0.222 e. The fraction of sp³-hybridized carbons (Fsp3) is 0.500. The van der Waals surface area contributed by atoms with Crippen molar-refractivity contribution in [2.24, 2.45) is 0 Å². The largest absolute Gasteiger partial charge is 0.394 e. The molecule has 1 saturated heterocycles. The summed E-state index contributed by atoms with van der Waals surface area (Å²) in [6, 6.07) is 6.04. The van der Waals surface area contributed by atoms with E-state index in [0.717, 1.165) is 54.8 Å². The zero-order valence-corrected chi connectivity index (χ0v) is 19.0. The van der Waals surface area contributed by atoms with Gasteiger partial charge in [-0.15, -0.1) is 0 Å². The zero-order valence-electron chi connectivity index (χ0n) is 19.0. The number of aromatic nitrogens is 4. The van der Waals surface area contributed by atoms with Crippen LogP contribution in [0.1, 0.15) is 52.4 Å². The number of nitrogens with zero attached hydrogens (tertiary/aromatic N) is 5. The Hall–Kier alpha value is -3.00. The molecular weight excluding hydrogens is 402 g/mol. The molecule has 1 aliphatic heterocycles. The number of hydrogen-bond acceptors (Lipinski definition) is 8. The quantitative estimate of drug-likeness (QED) is 0.486. The van der Waals surface area contributed by atoms with E-state index >= 15 is 0 Å². The van der Waals surface area contributed by atoms with E-state index in [2.05, 4.69) is 49.2 Å². The molecule has 170 valence electrons. The molecule has 0 aromatic carbocycles. The fourth-order valence-electron chi connectivity index (χ4n) is 4.18. The summed E-state index contributed by atoms with van der Waals surface area (Å²) in [5.41, 5.74) is 7.95. The van der Waals surface area contributed by atoms with Crippen molar-refractivity contribution in [2.45, 2.75) is 57.9 Å². The standard InChI is InChI=1S/C24H33N7O/c1-3-4-10-24(2,16-32)30-22-18-15-26-19(13-20(18)28-23(25)29-22)17-8-9-21(27-14-17)31-11-6-5-7-12-31/h8-9,13-15,32H,3-7,10-12,16H2,1-2H3,(H3,25,28,29,30)/t24-/m1/s1. The monoisotopic (exact) mass is 435 g/mol. The third-order valence-electron chi connectivity index (χ3n) is 6.17. The highest BCUT2D eigenvalue weighted by Gasteiger charge is 2.24. The Balaban J connectivity index is 1.61. The summed E-state index contributed by atoms with van der Waals surface area (Å²) in [6.45, 7) is 6.26. The molecule has 1 aliphatic rings. The van der Waals surface area contributed by atoms with E-state index in [1.54, 1.807) is 6.20 Å². The van der Waals surface area contributed by atoms with Gasteiger partial charge in [0.2, 0.25) is 5.95 Å². The van der Waals surface area contributed by atoms with Gasteiger partial charge in [0, 0.05) is 31.0 Å². The molecule has 0 unspecified atom stereocenters. The Morgan fingerprint density at radius 3 is 2.62 bits per heavy atom. The van der Waals surface area contributed by atoms with E-state index in [4.69, 9.17) is 5.73 Å². The predicted octanol–water partition coefficient (Wildman–Crippen LogP) is 4.01. The van der Waals surface area contributed by atoms with E-state index in [9.17, 15) is 5.11 Å². The number of anilines is 3. The minimum Gasteiger partial charge on any atom is -0.394 e. The number of unbranched alkanes of at least 4 members (excludes halogenated alkanes) is 1. The first-order valence-electron chi connectivity index (χ1n) is 11.5. The maximum absolute atomic E-state index is 9.96. The number of piperidine rings is 1. The fourth-order valence-corrected chi connectivity index (χ4v) is 4.18. The van der Waals surface area contributed by atoms with Gasteiger partial charge in [0.25, 0.3) is 0 Å². The lowest BCUT2D eigenvalue weighted by Crippen LogP contribution is -2.39. The van der Waals surface area contributed by atoms with Crippen molar-refractivity contribution >= 4 is 28.5 Å². The Morgan fingerprint density at radius 1 is 1.12 bits per heavy atom. The van der Waals surface area contributed by atoms with Gasteiger partial charge in [0.1, 0.15) is 11.6 Å². The molecular formula is C24H33N7O. The van der Waals surface area contributed by atoms with E-state index in [-0.39, 0.29) is 12.6 Å². The summed E-state index contributed by atoms with van der Waals surface area (Å²) in [4.78, 5) is 20.5. The van der Waals surface area contributed by atoms with Crippen molar-refractivity contribution in [1.82, 2.24) is 19.9 Å². The first-order valence-corrected chi connectivity index (χ1v) is 11.5. The Labute approximate surface area is 189 Å². The number of nitrogens with one attached hydrogen (secondary N) is 1. The molecule has 4 rings (SSSR count). The second-order valence-corrected chi connectivity index (χ2v) is 8.92. The lowest BCUT2D eigenvalue weighted by atomic mass is 9.95. The van der Waals surface area contributed by atoms with Crippen LogP contribution in [-0.4, -0.2) is 50.3 Å². The normalized spacial score (nSPS) is 16.2. The van der Waals surface area contributed by atoms with Gasteiger partial charge < -0.3 is 21.1 Å². The summed E-state index contributed by atoms with van der Waals surface area (Å²) in [5.74, 6) is 1.80. The van der Waals surface area contributed by atoms with Crippen LogP contribution in [0.5, 0.6) is 0 Å². The number of pyridine rings is 2. The van der Waals surface area contributed by atoms with Crippen LogP contribution >= 0.6 is 0 Å². The molecule has 0 aliphatic carbocycles. The number of aliphatic hydroxyl groups excluding tert-OH is 1. The van der Waals surface area contributed by atoms with Crippen LogP contribution in [0.25, 0.3) is 22.2 Å². The highest BCUT2D eigenvalue weighted by Crippen LogP contribution is 2.29. The van der Waals surface area contributed by atoms with Gasteiger partial charge in [0.15, 0.2) is 0 Å². The van der Waals surface area contributed by atoms with Crippen molar-refractivity contribution in [3.63, 3.8) is 0 Å². The highest BCUT2D eigenvalue weighted by atomic mass is 16.3. The van der Waals surface area contributed by atoms with Gasteiger partial charge in [-0.05, 0) is 50.8 Å². The molecule has 8 nitrogen and oxygen atoms in total. The molecule has 4 heterocycles. The van der Waals surface area contributed by atoms with Crippen molar-refractivity contribution in [3.05, 3.63) is 30.6 Å². The van der Waals surface area contributed by atoms with Crippen LogP contribution in [0.4, 0.5) is 17.6 Å². The van der Waals surface area contributed by atoms with E-state index < -0.39 is 5.54 Å². The Bertz CT molecular complexity index is 1050. The average molecular weight is 436 g/mol. The van der Waals surface area contributed by atoms with Crippen LogP contribution in [0.3, 0.4) is 0 Å². The van der Waals surface area contributed by atoms with Gasteiger partial charge >= 0.3 is 0 Å². The minimum atomic E-state index is -0.489. The molecule has 0 amide bonds. The molecule has 0 radical (unpaired) electrons. The number of aliphatic hydroxyl groups is 1. The number of nitrogen functional groups attached to an aromatic ring is 1. The molecule has 3 aromatic rings. The maximum Gasteiger partial charge on any atom is 0.222 e. The van der Waals surface area contributed by atoms with Gasteiger partial charge in [-0.1, -0.05) is 19.8 Å². The summed E-state index contributed by atoms with van der Waals surface area (Å²) in [6.07, 6.45) is 10.3. The van der Waals surface area contributed by atoms with Crippen LogP contribution in [0.15, 0.2) is 30.6 Å². The number of hydrogen-bond donors (Lipinski definition) is 3. The number of rotatable bonds is 8. The van der Waals surface area contributed by atoms with Crippen LogP contribution in [0, 0.1) is 0 Å². The van der Waals surface area contributed by atoms with Crippen molar-refractivity contribution in [2.75, 3.05) is 35.6 Å². The Kier molecular flexibility index (Phi) is 6.69. The molecule has 3 aromatic heterocycles. The SMILES string of the molecule is CCCC[C@](C)(CO)Nc1nc(N)nc2cc(-c3ccc(N4CCCCC4)nc3)ncc12. The molecule has 0 spiro atoms. The van der Waals surface area contributed by atoms with Gasteiger partial charge in [-0.2, -0.15) is 4.98 Å². The van der Waals surface area contributed by atoms with E-state index in [1.165, 1.54) is 19.3 Å². The van der Waals surface area contributed by atoms with Gasteiger partial charge in [0.05, 0.1) is 28.7 Å². The zero-order chi connectivity index (χ0) is 22.6. The van der Waals surface area contributed by atoms with Crippen LogP contribution in [-0.2, 0) is 0 Å². The third kappa shape index (κ3) is 4.91. The molecule has 0 saturated carbocycles. The molecule has 32 heavy (non-hydrogen) atoms. The molecule has 1 atom stereocenters. The van der Waals surface area contributed by atoms with E-state index in [1.807, 2.05) is 19.2 Å². The average Bonchev–Trinajstić information content (AvgIpc) is 2.83. The second-order valence-electron chi connectivity index (χ2n) is 8.92. The lowest BCUT2D eigenvalue weighted by molar-refractivity contribution is 0.212. The predicted molar refractivity (Wildman–Crippen MR) is 130 cm³/mol. The topological polar surface area (TPSA) is 113 Å². The maximum atomic E-state index is 9.96. The highest BCUT2D eigenvalue weighted by molar-refractivity contribution is 5.91. The van der Waals surface area contributed by atoms with Gasteiger partial charge in [-0.3, -0.25) is 4.98 Å².